The summed E-state index contributed by atoms with van der Waals surface area (Å²) < 4.78 is 39.8. The van der Waals surface area contributed by atoms with Crippen LogP contribution in [0.4, 0.5) is 24.7 Å². The Morgan fingerprint density at radius 3 is 2.24 bits per heavy atom. The Balaban J connectivity index is 2.48. The smallest absolute Gasteiger partial charge is 0.152 e. The normalized spacial score (nSPS) is 10.4. The second kappa shape index (κ2) is 4.45. The van der Waals surface area contributed by atoms with Gasteiger partial charge in [-0.05, 0) is 12.1 Å². The van der Waals surface area contributed by atoms with Gasteiger partial charge in [-0.1, -0.05) is 6.07 Å². The van der Waals surface area contributed by atoms with Gasteiger partial charge in [0.1, 0.15) is 17.3 Å². The molecule has 0 radical (unpaired) electrons. The van der Waals surface area contributed by atoms with Crippen LogP contribution in [0.25, 0.3) is 0 Å². The van der Waals surface area contributed by atoms with Gasteiger partial charge in [0.25, 0.3) is 0 Å². The number of aromatic nitrogens is 1. The number of rotatable bonds is 2. The molecule has 0 bridgehead atoms. The molecule has 0 amide bonds. The van der Waals surface area contributed by atoms with Crippen LogP contribution in [0.5, 0.6) is 0 Å². The number of halogens is 3. The summed E-state index contributed by atoms with van der Waals surface area (Å²) in [5, 5.41) is 0. The van der Waals surface area contributed by atoms with Crippen LogP contribution in [0.1, 0.15) is 0 Å². The molecule has 0 aliphatic carbocycles. The molecule has 2 rings (SSSR count). The average Bonchev–Trinajstić information content (AvgIpc) is 2.28. The number of hydrogen-bond acceptors (Lipinski definition) is 2. The van der Waals surface area contributed by atoms with E-state index in [4.69, 9.17) is 0 Å². The molecule has 0 aliphatic rings. The second-order valence-corrected chi connectivity index (χ2v) is 3.46. The Morgan fingerprint density at radius 2 is 1.71 bits per heavy atom. The van der Waals surface area contributed by atoms with Crippen LogP contribution in [0.2, 0.25) is 0 Å². The van der Waals surface area contributed by atoms with E-state index in [1.165, 1.54) is 18.1 Å². The SMILES string of the molecule is CN(c1ccccn1)c1c(F)cc(F)cc1F. The molecular formula is C12H9F3N2. The van der Waals surface area contributed by atoms with Gasteiger partial charge in [0.15, 0.2) is 11.6 Å². The van der Waals surface area contributed by atoms with E-state index in [0.717, 1.165) is 0 Å². The maximum Gasteiger partial charge on any atom is 0.152 e. The summed E-state index contributed by atoms with van der Waals surface area (Å²) in [4.78, 5) is 5.18. The van der Waals surface area contributed by atoms with Crippen molar-refractivity contribution in [2.24, 2.45) is 0 Å². The van der Waals surface area contributed by atoms with Crippen molar-refractivity contribution >= 4 is 11.5 Å². The number of hydrogen-bond donors (Lipinski definition) is 0. The number of benzene rings is 1. The maximum atomic E-state index is 13.5. The molecule has 0 N–H and O–H groups in total. The van der Waals surface area contributed by atoms with Crippen molar-refractivity contribution < 1.29 is 13.2 Å². The summed E-state index contributed by atoms with van der Waals surface area (Å²) in [6.07, 6.45) is 1.51. The van der Waals surface area contributed by atoms with E-state index in [9.17, 15) is 13.2 Å². The minimum atomic E-state index is -0.962. The monoisotopic (exact) mass is 238 g/mol. The third kappa shape index (κ3) is 2.22. The van der Waals surface area contributed by atoms with Crippen LogP contribution in [0, 0.1) is 17.5 Å². The molecule has 5 heteroatoms. The molecular weight excluding hydrogens is 229 g/mol. The van der Waals surface area contributed by atoms with Gasteiger partial charge in [-0.15, -0.1) is 0 Å². The van der Waals surface area contributed by atoms with E-state index in [1.54, 1.807) is 18.2 Å². The molecule has 0 saturated heterocycles. The minimum absolute atomic E-state index is 0.329. The van der Waals surface area contributed by atoms with Gasteiger partial charge in [-0.25, -0.2) is 18.2 Å². The third-order valence-electron chi connectivity index (χ3n) is 2.31. The lowest BCUT2D eigenvalue weighted by molar-refractivity contribution is 0.544. The molecule has 1 aromatic carbocycles. The third-order valence-corrected chi connectivity index (χ3v) is 2.31. The predicted octanol–water partition coefficient (Wildman–Crippen LogP) is 3.27. The lowest BCUT2D eigenvalue weighted by atomic mass is 10.2. The van der Waals surface area contributed by atoms with Gasteiger partial charge < -0.3 is 4.90 Å². The summed E-state index contributed by atoms with van der Waals surface area (Å²) in [5.74, 6) is -2.50. The molecule has 2 nitrogen and oxygen atoms in total. The van der Waals surface area contributed by atoms with Crippen LogP contribution in [0.15, 0.2) is 36.5 Å². The Bertz CT molecular complexity index is 506. The van der Waals surface area contributed by atoms with Gasteiger partial charge in [0.05, 0.1) is 0 Å². The van der Waals surface area contributed by atoms with Gasteiger partial charge in [-0.3, -0.25) is 0 Å². The van der Waals surface area contributed by atoms with E-state index in [-0.39, 0.29) is 5.69 Å². The predicted molar refractivity (Wildman–Crippen MR) is 58.6 cm³/mol. The summed E-state index contributed by atoms with van der Waals surface area (Å²) in [6.45, 7) is 0. The molecule has 0 atom stereocenters. The minimum Gasteiger partial charge on any atom is -0.325 e. The quantitative estimate of drug-likeness (QED) is 0.798. The highest BCUT2D eigenvalue weighted by atomic mass is 19.1. The standard InChI is InChI=1S/C12H9F3N2/c1-17(11-4-2-3-5-16-11)12-9(14)6-8(13)7-10(12)15/h2-7H,1H3. The molecule has 2 aromatic rings. The summed E-state index contributed by atoms with van der Waals surface area (Å²) in [7, 11) is 1.46. The van der Waals surface area contributed by atoms with E-state index in [1.807, 2.05) is 0 Å². The number of anilines is 2. The van der Waals surface area contributed by atoms with Crippen molar-refractivity contribution in [3.05, 3.63) is 54.0 Å². The molecule has 0 aliphatic heterocycles. The highest BCUT2D eigenvalue weighted by Crippen LogP contribution is 2.28. The molecule has 88 valence electrons. The highest BCUT2D eigenvalue weighted by molar-refractivity contribution is 5.60. The largest absolute Gasteiger partial charge is 0.325 e. The van der Waals surface area contributed by atoms with Crippen molar-refractivity contribution in [3.8, 4) is 0 Å². The van der Waals surface area contributed by atoms with Crippen LogP contribution < -0.4 is 4.90 Å². The summed E-state index contributed by atoms with van der Waals surface area (Å²) in [6, 6.07) is 6.25. The van der Waals surface area contributed by atoms with Crippen LogP contribution in [0.3, 0.4) is 0 Å². The van der Waals surface area contributed by atoms with Crippen molar-refractivity contribution in [2.75, 3.05) is 11.9 Å². The molecule has 1 aromatic heterocycles. The lowest BCUT2D eigenvalue weighted by Crippen LogP contribution is -2.14. The van der Waals surface area contributed by atoms with Gasteiger partial charge >= 0.3 is 0 Å². The fourth-order valence-corrected chi connectivity index (χ4v) is 1.52. The first-order valence-corrected chi connectivity index (χ1v) is 4.89. The zero-order valence-electron chi connectivity index (χ0n) is 8.99. The van der Waals surface area contributed by atoms with Crippen molar-refractivity contribution in [3.63, 3.8) is 0 Å². The highest BCUT2D eigenvalue weighted by Gasteiger charge is 2.17. The Morgan fingerprint density at radius 1 is 1.06 bits per heavy atom. The molecule has 0 saturated carbocycles. The van der Waals surface area contributed by atoms with Crippen molar-refractivity contribution in [1.29, 1.82) is 0 Å². The Hall–Kier alpha value is -2.04. The number of pyridine rings is 1. The summed E-state index contributed by atoms with van der Waals surface area (Å²) >= 11 is 0. The molecule has 0 unspecified atom stereocenters. The van der Waals surface area contributed by atoms with Gasteiger partial charge in [0.2, 0.25) is 0 Å². The fourth-order valence-electron chi connectivity index (χ4n) is 1.52. The average molecular weight is 238 g/mol. The van der Waals surface area contributed by atoms with Crippen LogP contribution in [-0.2, 0) is 0 Å². The maximum absolute atomic E-state index is 13.5. The topological polar surface area (TPSA) is 16.1 Å². The Labute approximate surface area is 96.3 Å². The number of nitrogens with zero attached hydrogens (tertiary/aromatic N) is 2. The summed E-state index contributed by atoms with van der Waals surface area (Å²) in [5.41, 5.74) is -0.329. The van der Waals surface area contributed by atoms with E-state index in [0.29, 0.717) is 18.0 Å². The van der Waals surface area contributed by atoms with Gasteiger partial charge in [0, 0.05) is 25.4 Å². The fraction of sp³-hybridized carbons (Fsp3) is 0.0833. The molecule has 1 heterocycles. The van der Waals surface area contributed by atoms with Crippen LogP contribution in [-0.4, -0.2) is 12.0 Å². The van der Waals surface area contributed by atoms with Crippen molar-refractivity contribution in [1.82, 2.24) is 4.98 Å². The molecule has 0 fully saturated rings. The first kappa shape index (κ1) is 11.4. The van der Waals surface area contributed by atoms with Crippen LogP contribution >= 0.6 is 0 Å². The zero-order valence-corrected chi connectivity index (χ0v) is 8.99. The van der Waals surface area contributed by atoms with E-state index < -0.39 is 17.5 Å². The first-order valence-electron chi connectivity index (χ1n) is 4.89. The molecule has 0 spiro atoms. The Kier molecular flexibility index (Phi) is 2.99. The van der Waals surface area contributed by atoms with E-state index >= 15 is 0 Å². The second-order valence-electron chi connectivity index (χ2n) is 3.46. The van der Waals surface area contributed by atoms with Gasteiger partial charge in [-0.2, -0.15) is 0 Å². The van der Waals surface area contributed by atoms with E-state index in [2.05, 4.69) is 4.98 Å². The zero-order chi connectivity index (χ0) is 12.4. The lowest BCUT2D eigenvalue weighted by Gasteiger charge is -2.19. The molecule has 17 heavy (non-hydrogen) atoms. The van der Waals surface area contributed by atoms with Crippen molar-refractivity contribution in [2.45, 2.75) is 0 Å². The first-order chi connectivity index (χ1) is 8.09.